The van der Waals surface area contributed by atoms with Crippen LogP contribution in [0.25, 0.3) is 5.57 Å². The third-order valence-electron chi connectivity index (χ3n) is 2.72. The minimum absolute atomic E-state index is 0.275. The van der Waals surface area contributed by atoms with Gasteiger partial charge in [-0.1, -0.05) is 55.5 Å². The van der Waals surface area contributed by atoms with Gasteiger partial charge < -0.3 is 4.74 Å². The van der Waals surface area contributed by atoms with Gasteiger partial charge in [-0.05, 0) is 25.0 Å². The van der Waals surface area contributed by atoms with Crippen LogP contribution in [0.15, 0.2) is 36.4 Å². The third-order valence-corrected chi connectivity index (χ3v) is 2.72. The second kappa shape index (κ2) is 8.98. The molecular weight excluding hydrogens is 248 g/mol. The third kappa shape index (κ3) is 6.24. The van der Waals surface area contributed by atoms with E-state index in [4.69, 9.17) is 4.74 Å². The Morgan fingerprint density at radius 3 is 2.65 bits per heavy atom. The molecule has 0 amide bonds. The fraction of sp³-hybridized carbons (Fsp3) is 0.389. The van der Waals surface area contributed by atoms with Crippen molar-refractivity contribution in [3.63, 3.8) is 0 Å². The number of unbranched alkanes of at least 4 members (excludes halogenated alkanes) is 2. The van der Waals surface area contributed by atoms with Crippen LogP contribution in [0.3, 0.4) is 0 Å². The first-order chi connectivity index (χ1) is 9.63. The van der Waals surface area contributed by atoms with E-state index >= 15 is 0 Å². The normalized spacial score (nSPS) is 12.2. The van der Waals surface area contributed by atoms with Crippen molar-refractivity contribution in [2.24, 2.45) is 0 Å². The van der Waals surface area contributed by atoms with Crippen molar-refractivity contribution in [2.45, 2.75) is 46.1 Å². The topological polar surface area (TPSA) is 26.3 Å². The van der Waals surface area contributed by atoms with Crippen molar-refractivity contribution in [3.8, 4) is 11.8 Å². The summed E-state index contributed by atoms with van der Waals surface area (Å²) >= 11 is 0. The van der Waals surface area contributed by atoms with Gasteiger partial charge in [-0.2, -0.15) is 0 Å². The van der Waals surface area contributed by atoms with Gasteiger partial charge in [-0.3, -0.25) is 4.79 Å². The highest BCUT2D eigenvalue weighted by atomic mass is 16.5. The lowest BCUT2D eigenvalue weighted by Crippen LogP contribution is -2.09. The monoisotopic (exact) mass is 270 g/mol. The molecule has 1 unspecified atom stereocenters. The highest BCUT2D eigenvalue weighted by Gasteiger charge is 2.05. The fourth-order valence-corrected chi connectivity index (χ4v) is 1.78. The van der Waals surface area contributed by atoms with Gasteiger partial charge in [0.1, 0.15) is 6.10 Å². The molecule has 106 valence electrons. The first-order valence-corrected chi connectivity index (χ1v) is 7.06. The van der Waals surface area contributed by atoms with Crippen molar-refractivity contribution in [1.29, 1.82) is 0 Å². The lowest BCUT2D eigenvalue weighted by atomic mass is 10.0. The minimum atomic E-state index is -0.278. The summed E-state index contributed by atoms with van der Waals surface area (Å²) in [5.74, 6) is 6.10. The van der Waals surface area contributed by atoms with E-state index in [1.165, 1.54) is 6.92 Å². The summed E-state index contributed by atoms with van der Waals surface area (Å²) in [6.45, 7) is 5.41. The molecule has 0 saturated heterocycles. The summed E-state index contributed by atoms with van der Waals surface area (Å²) in [6.07, 6.45) is 4.76. The fourth-order valence-electron chi connectivity index (χ4n) is 1.78. The summed E-state index contributed by atoms with van der Waals surface area (Å²) in [5.41, 5.74) is 1.96. The number of allylic oxidation sites excluding steroid dienone is 1. The molecule has 0 aliphatic carbocycles. The van der Waals surface area contributed by atoms with Crippen molar-refractivity contribution in [3.05, 3.63) is 42.0 Å². The number of rotatable bonds is 5. The molecule has 0 heterocycles. The van der Waals surface area contributed by atoms with E-state index in [2.05, 4.69) is 18.8 Å². The van der Waals surface area contributed by atoms with Crippen LogP contribution in [-0.2, 0) is 9.53 Å². The summed E-state index contributed by atoms with van der Waals surface area (Å²) < 4.78 is 5.15. The summed E-state index contributed by atoms with van der Waals surface area (Å²) in [6, 6.07) is 9.96. The smallest absolute Gasteiger partial charge is 0.303 e. The van der Waals surface area contributed by atoms with Crippen LogP contribution in [0.4, 0.5) is 0 Å². The second-order valence-corrected chi connectivity index (χ2v) is 4.67. The second-order valence-electron chi connectivity index (χ2n) is 4.67. The molecule has 0 aliphatic rings. The zero-order valence-corrected chi connectivity index (χ0v) is 12.5. The Bertz CT molecular complexity index is 503. The van der Waals surface area contributed by atoms with E-state index in [1.54, 1.807) is 0 Å². The Hall–Kier alpha value is -2.01. The molecule has 1 rings (SSSR count). The average Bonchev–Trinajstić information content (AvgIpc) is 2.42. The molecule has 0 aliphatic heterocycles. The van der Waals surface area contributed by atoms with Crippen LogP contribution in [-0.4, -0.2) is 12.1 Å². The Balaban J connectivity index is 2.91. The molecule has 1 aromatic rings. The molecule has 1 aromatic carbocycles. The number of hydrogen-bond donors (Lipinski definition) is 0. The highest BCUT2D eigenvalue weighted by molar-refractivity contribution is 5.79. The van der Waals surface area contributed by atoms with Gasteiger partial charge in [0.05, 0.1) is 0 Å². The predicted molar refractivity (Wildman–Crippen MR) is 82.9 cm³/mol. The Morgan fingerprint density at radius 1 is 1.35 bits per heavy atom. The molecule has 0 saturated carbocycles. The lowest BCUT2D eigenvalue weighted by Gasteiger charge is -2.08. The molecule has 0 N–H and O–H groups in total. The Labute approximate surface area is 121 Å². The van der Waals surface area contributed by atoms with Crippen molar-refractivity contribution < 1.29 is 9.53 Å². The molecule has 0 bridgehead atoms. The van der Waals surface area contributed by atoms with Gasteiger partial charge in [0.15, 0.2) is 0 Å². The van der Waals surface area contributed by atoms with Gasteiger partial charge >= 0.3 is 5.97 Å². The van der Waals surface area contributed by atoms with Crippen LogP contribution >= 0.6 is 0 Å². The first-order valence-electron chi connectivity index (χ1n) is 7.06. The molecule has 0 fully saturated rings. The zero-order valence-electron chi connectivity index (χ0n) is 12.5. The number of carbonyl (C=O) groups is 1. The van der Waals surface area contributed by atoms with E-state index in [0.717, 1.165) is 30.4 Å². The minimum Gasteiger partial charge on any atom is -0.459 e. The molecule has 0 spiro atoms. The van der Waals surface area contributed by atoms with Crippen LogP contribution < -0.4 is 0 Å². The van der Waals surface area contributed by atoms with Crippen LogP contribution in [0.1, 0.15) is 45.6 Å². The van der Waals surface area contributed by atoms with Gasteiger partial charge in [0.2, 0.25) is 0 Å². The number of benzene rings is 1. The molecule has 2 heteroatoms. The average molecular weight is 270 g/mol. The van der Waals surface area contributed by atoms with Crippen LogP contribution in [0.5, 0.6) is 0 Å². The predicted octanol–water partition coefficient (Wildman–Crippen LogP) is 4.22. The van der Waals surface area contributed by atoms with Crippen molar-refractivity contribution in [2.75, 3.05) is 0 Å². The number of hydrogen-bond acceptors (Lipinski definition) is 2. The van der Waals surface area contributed by atoms with Gasteiger partial charge in [0.25, 0.3) is 0 Å². The van der Waals surface area contributed by atoms with Crippen LogP contribution in [0.2, 0.25) is 0 Å². The summed E-state index contributed by atoms with van der Waals surface area (Å²) in [4.78, 5) is 11.0. The van der Waals surface area contributed by atoms with Gasteiger partial charge in [-0.15, -0.1) is 0 Å². The standard InChI is InChI=1S/C18H22O2/c1-4-5-6-8-13-18(14-15(2)20-16(3)19)17-11-9-7-10-12-17/h7,9-12,14-15H,4-6H2,1-3H3/b18-14+. The molecule has 0 aromatic heterocycles. The molecule has 1 atom stereocenters. The molecule has 2 nitrogen and oxygen atoms in total. The maximum Gasteiger partial charge on any atom is 0.303 e. The van der Waals surface area contributed by atoms with E-state index < -0.39 is 0 Å². The quantitative estimate of drug-likeness (QED) is 0.455. The summed E-state index contributed by atoms with van der Waals surface area (Å²) in [5, 5.41) is 0. The summed E-state index contributed by atoms with van der Waals surface area (Å²) in [7, 11) is 0. The first kappa shape index (κ1) is 16.0. The molecule has 0 radical (unpaired) electrons. The van der Waals surface area contributed by atoms with E-state index in [1.807, 2.05) is 43.3 Å². The van der Waals surface area contributed by atoms with Gasteiger partial charge in [-0.25, -0.2) is 0 Å². The Kier molecular flexibility index (Phi) is 7.21. The highest BCUT2D eigenvalue weighted by Crippen LogP contribution is 2.15. The number of ether oxygens (including phenoxy) is 1. The Morgan fingerprint density at radius 2 is 2.05 bits per heavy atom. The maximum absolute atomic E-state index is 11.0. The molecule has 20 heavy (non-hydrogen) atoms. The SMILES string of the molecule is CCCCC#C/C(=C\C(C)OC(C)=O)c1ccccc1. The van der Waals surface area contributed by atoms with E-state index in [0.29, 0.717) is 0 Å². The maximum atomic E-state index is 11.0. The lowest BCUT2D eigenvalue weighted by molar-refractivity contribution is -0.143. The van der Waals surface area contributed by atoms with E-state index in [9.17, 15) is 4.79 Å². The van der Waals surface area contributed by atoms with Gasteiger partial charge in [0, 0.05) is 18.9 Å². The van der Waals surface area contributed by atoms with E-state index in [-0.39, 0.29) is 12.1 Å². The van der Waals surface area contributed by atoms with Crippen molar-refractivity contribution in [1.82, 2.24) is 0 Å². The largest absolute Gasteiger partial charge is 0.459 e. The van der Waals surface area contributed by atoms with Crippen molar-refractivity contribution >= 4 is 11.5 Å². The number of carbonyl (C=O) groups excluding carboxylic acids is 1. The molecular formula is C18H22O2. The number of esters is 1. The van der Waals surface area contributed by atoms with Crippen LogP contribution in [0, 0.1) is 11.8 Å². The zero-order chi connectivity index (χ0) is 14.8.